The van der Waals surface area contributed by atoms with Crippen LogP contribution in [0.2, 0.25) is 0 Å². The Bertz CT molecular complexity index is 321. The summed E-state index contributed by atoms with van der Waals surface area (Å²) < 4.78 is 2.14. The summed E-state index contributed by atoms with van der Waals surface area (Å²) in [5, 5.41) is 7.20. The fourth-order valence-corrected chi connectivity index (χ4v) is 1.62. The fraction of sp³-hybridized carbons (Fsp3) is 0.583. The summed E-state index contributed by atoms with van der Waals surface area (Å²) in [5.74, 6) is 0.873. The number of guanidine groups is 1. The molecular weight excluding hydrogens is 232 g/mol. The van der Waals surface area contributed by atoms with Gasteiger partial charge < -0.3 is 15.2 Å². The number of aliphatic imine (C=N–C) groups is 1. The molecule has 0 fully saturated rings. The third kappa shape index (κ3) is 5.68. The SMILES string of the molecule is CN=C(NCCn1cccc1)NCC(C)SC. The van der Waals surface area contributed by atoms with Gasteiger partial charge in [-0.15, -0.1) is 0 Å². The van der Waals surface area contributed by atoms with Crippen molar-refractivity contribution in [2.24, 2.45) is 4.99 Å². The van der Waals surface area contributed by atoms with Crippen LogP contribution in [0.25, 0.3) is 0 Å². The van der Waals surface area contributed by atoms with E-state index in [4.69, 9.17) is 0 Å². The Morgan fingerprint density at radius 3 is 2.65 bits per heavy atom. The molecule has 0 aromatic carbocycles. The molecule has 1 aromatic rings. The molecule has 0 amide bonds. The van der Waals surface area contributed by atoms with Gasteiger partial charge in [0, 0.05) is 44.3 Å². The minimum Gasteiger partial charge on any atom is -0.355 e. The number of aromatic nitrogens is 1. The van der Waals surface area contributed by atoms with Crippen LogP contribution in [0.1, 0.15) is 6.92 Å². The van der Waals surface area contributed by atoms with Crippen LogP contribution in [-0.4, -0.2) is 42.2 Å². The standard InChI is InChI=1S/C12H22N4S/c1-11(17-3)10-15-12(13-2)14-6-9-16-7-4-5-8-16/h4-5,7-8,11H,6,9-10H2,1-3H3,(H2,13,14,15). The normalized spacial score (nSPS) is 13.5. The zero-order valence-electron chi connectivity index (χ0n) is 10.8. The van der Waals surface area contributed by atoms with Gasteiger partial charge in [-0.25, -0.2) is 0 Å². The summed E-state index contributed by atoms with van der Waals surface area (Å²) in [7, 11) is 1.80. The molecule has 4 nitrogen and oxygen atoms in total. The van der Waals surface area contributed by atoms with Crippen LogP contribution in [0.5, 0.6) is 0 Å². The van der Waals surface area contributed by atoms with Crippen molar-refractivity contribution < 1.29 is 0 Å². The van der Waals surface area contributed by atoms with E-state index >= 15 is 0 Å². The third-order valence-electron chi connectivity index (χ3n) is 2.51. The number of hydrogen-bond acceptors (Lipinski definition) is 2. The van der Waals surface area contributed by atoms with Crippen molar-refractivity contribution >= 4 is 17.7 Å². The van der Waals surface area contributed by atoms with Gasteiger partial charge in [0.05, 0.1) is 0 Å². The minimum atomic E-state index is 0.595. The molecule has 1 atom stereocenters. The van der Waals surface area contributed by atoms with Gasteiger partial charge in [0.15, 0.2) is 5.96 Å². The Labute approximate surface area is 108 Å². The van der Waals surface area contributed by atoms with Crippen molar-refractivity contribution in [2.75, 3.05) is 26.4 Å². The maximum absolute atomic E-state index is 4.19. The average Bonchev–Trinajstić information content (AvgIpc) is 2.86. The molecule has 0 aliphatic rings. The number of thioether (sulfide) groups is 1. The predicted molar refractivity (Wildman–Crippen MR) is 76.8 cm³/mol. The largest absolute Gasteiger partial charge is 0.355 e. The topological polar surface area (TPSA) is 41.4 Å². The van der Waals surface area contributed by atoms with E-state index in [1.54, 1.807) is 7.05 Å². The van der Waals surface area contributed by atoms with Gasteiger partial charge in [0.2, 0.25) is 0 Å². The summed E-state index contributed by atoms with van der Waals surface area (Å²) in [4.78, 5) is 4.19. The summed E-state index contributed by atoms with van der Waals surface area (Å²) in [6.07, 6.45) is 6.25. The summed E-state index contributed by atoms with van der Waals surface area (Å²) in [5.41, 5.74) is 0. The second-order valence-corrected chi connectivity index (χ2v) is 5.12. The maximum Gasteiger partial charge on any atom is 0.191 e. The molecule has 0 aliphatic carbocycles. The van der Waals surface area contributed by atoms with E-state index in [0.29, 0.717) is 5.25 Å². The molecule has 5 heteroatoms. The van der Waals surface area contributed by atoms with E-state index in [1.807, 2.05) is 23.9 Å². The highest BCUT2D eigenvalue weighted by atomic mass is 32.2. The second-order valence-electron chi connectivity index (χ2n) is 3.85. The van der Waals surface area contributed by atoms with Crippen LogP contribution >= 0.6 is 11.8 Å². The van der Waals surface area contributed by atoms with E-state index in [1.165, 1.54) is 0 Å². The first-order valence-electron chi connectivity index (χ1n) is 5.84. The molecule has 2 N–H and O–H groups in total. The molecule has 1 heterocycles. The monoisotopic (exact) mass is 254 g/mol. The number of nitrogens with zero attached hydrogens (tertiary/aromatic N) is 2. The maximum atomic E-state index is 4.19. The Balaban J connectivity index is 2.19. The predicted octanol–water partition coefficient (Wildman–Crippen LogP) is 1.40. The molecule has 17 heavy (non-hydrogen) atoms. The molecule has 0 saturated carbocycles. The van der Waals surface area contributed by atoms with Crippen LogP contribution in [0, 0.1) is 0 Å². The van der Waals surface area contributed by atoms with Crippen molar-refractivity contribution in [3.8, 4) is 0 Å². The lowest BCUT2D eigenvalue weighted by atomic mass is 10.5. The molecule has 1 rings (SSSR count). The zero-order chi connectivity index (χ0) is 12.5. The first-order valence-corrected chi connectivity index (χ1v) is 7.13. The van der Waals surface area contributed by atoms with Gasteiger partial charge in [-0.3, -0.25) is 4.99 Å². The quantitative estimate of drug-likeness (QED) is 0.596. The van der Waals surface area contributed by atoms with Crippen molar-refractivity contribution in [3.63, 3.8) is 0 Å². The Kier molecular flexibility index (Phi) is 6.62. The van der Waals surface area contributed by atoms with Crippen molar-refractivity contribution in [2.45, 2.75) is 18.7 Å². The molecule has 0 aliphatic heterocycles. The van der Waals surface area contributed by atoms with Gasteiger partial charge in [0.1, 0.15) is 0 Å². The Morgan fingerprint density at radius 2 is 2.06 bits per heavy atom. The van der Waals surface area contributed by atoms with Crippen LogP contribution in [0.3, 0.4) is 0 Å². The average molecular weight is 254 g/mol. The summed E-state index contributed by atoms with van der Waals surface area (Å²) in [6.45, 7) is 4.96. The lowest BCUT2D eigenvalue weighted by Gasteiger charge is -2.14. The van der Waals surface area contributed by atoms with Crippen LogP contribution in [0.15, 0.2) is 29.5 Å². The Hall–Kier alpha value is -1.10. The van der Waals surface area contributed by atoms with Crippen LogP contribution < -0.4 is 10.6 Å². The summed E-state index contributed by atoms with van der Waals surface area (Å²) in [6, 6.07) is 4.07. The molecule has 0 spiro atoms. The molecule has 1 aromatic heterocycles. The van der Waals surface area contributed by atoms with E-state index in [9.17, 15) is 0 Å². The smallest absolute Gasteiger partial charge is 0.191 e. The Morgan fingerprint density at radius 1 is 1.35 bits per heavy atom. The highest BCUT2D eigenvalue weighted by Crippen LogP contribution is 2.01. The van der Waals surface area contributed by atoms with Crippen LogP contribution in [-0.2, 0) is 6.54 Å². The zero-order valence-corrected chi connectivity index (χ0v) is 11.6. The molecule has 0 radical (unpaired) electrons. The van der Waals surface area contributed by atoms with E-state index in [0.717, 1.165) is 25.6 Å². The minimum absolute atomic E-state index is 0.595. The molecule has 96 valence electrons. The fourth-order valence-electron chi connectivity index (χ4n) is 1.37. The van der Waals surface area contributed by atoms with E-state index in [2.05, 4.69) is 45.8 Å². The molecular formula is C12H22N4S. The third-order valence-corrected chi connectivity index (χ3v) is 3.48. The highest BCUT2D eigenvalue weighted by Gasteiger charge is 2.01. The highest BCUT2D eigenvalue weighted by molar-refractivity contribution is 7.99. The number of nitrogens with one attached hydrogen (secondary N) is 2. The number of hydrogen-bond donors (Lipinski definition) is 2. The molecule has 0 bridgehead atoms. The summed E-state index contributed by atoms with van der Waals surface area (Å²) >= 11 is 1.85. The van der Waals surface area contributed by atoms with E-state index in [-0.39, 0.29) is 0 Å². The van der Waals surface area contributed by atoms with Gasteiger partial charge in [-0.1, -0.05) is 6.92 Å². The van der Waals surface area contributed by atoms with Gasteiger partial charge in [-0.2, -0.15) is 11.8 Å². The van der Waals surface area contributed by atoms with Gasteiger partial charge in [0.25, 0.3) is 0 Å². The second kappa shape index (κ2) is 8.06. The lowest BCUT2D eigenvalue weighted by Crippen LogP contribution is -2.41. The molecule has 0 saturated heterocycles. The van der Waals surface area contributed by atoms with Crippen molar-refractivity contribution in [3.05, 3.63) is 24.5 Å². The van der Waals surface area contributed by atoms with Gasteiger partial charge in [-0.05, 0) is 18.4 Å². The van der Waals surface area contributed by atoms with Crippen molar-refractivity contribution in [1.29, 1.82) is 0 Å². The van der Waals surface area contributed by atoms with Gasteiger partial charge >= 0.3 is 0 Å². The molecule has 1 unspecified atom stereocenters. The van der Waals surface area contributed by atoms with E-state index < -0.39 is 0 Å². The first kappa shape index (κ1) is 14.0. The lowest BCUT2D eigenvalue weighted by molar-refractivity contribution is 0.665. The number of rotatable bonds is 6. The first-order chi connectivity index (χ1) is 8.26. The van der Waals surface area contributed by atoms with Crippen molar-refractivity contribution in [1.82, 2.24) is 15.2 Å². The van der Waals surface area contributed by atoms with Crippen LogP contribution in [0.4, 0.5) is 0 Å².